The number of H-pyrrole nitrogens is 2. The molecular weight excluding hydrogens is 352 g/mol. The van der Waals surface area contributed by atoms with Gasteiger partial charge in [0.05, 0.1) is 16.6 Å². The molecule has 1 aliphatic carbocycles. The zero-order valence-corrected chi connectivity index (χ0v) is 14.5. The number of hydrogen-bond acceptors (Lipinski definition) is 5. The first-order chi connectivity index (χ1) is 12.6. The molecule has 26 heavy (non-hydrogen) atoms. The fourth-order valence-corrected chi connectivity index (χ4v) is 4.44. The van der Waals surface area contributed by atoms with Crippen LogP contribution in [0.25, 0.3) is 11.0 Å². The normalized spacial score (nSPS) is 13.2. The van der Waals surface area contributed by atoms with Crippen molar-refractivity contribution in [3.63, 3.8) is 0 Å². The largest absolute Gasteiger partial charge is 0.316 e. The lowest BCUT2D eigenvalue weighted by Gasteiger charge is -2.09. The zero-order chi connectivity index (χ0) is 18.3. The first kappa shape index (κ1) is 16.3. The molecule has 130 valence electrons. The number of thiophene rings is 1. The molecule has 0 saturated heterocycles. The maximum Gasteiger partial charge on any atom is 0.314 e. The van der Waals surface area contributed by atoms with E-state index in [9.17, 15) is 19.6 Å². The molecule has 4 rings (SSSR count). The summed E-state index contributed by atoms with van der Waals surface area (Å²) in [5.41, 5.74) is 1.24. The highest BCUT2D eigenvalue weighted by atomic mass is 32.1. The van der Waals surface area contributed by atoms with Crippen molar-refractivity contribution in [3.8, 4) is 6.07 Å². The Bertz CT molecular complexity index is 1200. The van der Waals surface area contributed by atoms with E-state index in [0.29, 0.717) is 27.2 Å². The summed E-state index contributed by atoms with van der Waals surface area (Å²) in [4.78, 5) is 41.5. The van der Waals surface area contributed by atoms with Crippen LogP contribution in [0.2, 0.25) is 0 Å². The van der Waals surface area contributed by atoms with Crippen molar-refractivity contribution in [2.45, 2.75) is 25.7 Å². The predicted molar refractivity (Wildman–Crippen MR) is 98.8 cm³/mol. The molecule has 0 saturated carbocycles. The van der Waals surface area contributed by atoms with Gasteiger partial charge in [-0.2, -0.15) is 5.26 Å². The third-order valence-electron chi connectivity index (χ3n) is 4.49. The molecule has 0 fully saturated rings. The minimum atomic E-state index is -0.771. The number of fused-ring (bicyclic) bond motifs is 2. The summed E-state index contributed by atoms with van der Waals surface area (Å²) in [5, 5.41) is 12.9. The van der Waals surface area contributed by atoms with Crippen LogP contribution < -0.4 is 16.4 Å². The van der Waals surface area contributed by atoms with Crippen LogP contribution in [0.4, 0.5) is 5.00 Å². The molecule has 3 aromatic rings. The minimum absolute atomic E-state index is 0.329. The number of hydrogen-bond donors (Lipinski definition) is 3. The number of anilines is 1. The Kier molecular flexibility index (Phi) is 3.93. The van der Waals surface area contributed by atoms with Crippen LogP contribution >= 0.6 is 11.3 Å². The molecule has 1 aromatic carbocycles. The summed E-state index contributed by atoms with van der Waals surface area (Å²) in [7, 11) is 0. The summed E-state index contributed by atoms with van der Waals surface area (Å²) in [6, 6.07) is 6.84. The molecule has 0 atom stereocenters. The Morgan fingerprint density at radius 1 is 1.12 bits per heavy atom. The highest BCUT2D eigenvalue weighted by Gasteiger charge is 2.22. The van der Waals surface area contributed by atoms with Crippen LogP contribution in [0.5, 0.6) is 0 Å². The summed E-state index contributed by atoms with van der Waals surface area (Å²) >= 11 is 1.46. The summed E-state index contributed by atoms with van der Waals surface area (Å²) < 4.78 is 0. The van der Waals surface area contributed by atoms with Gasteiger partial charge in [0, 0.05) is 10.4 Å². The first-order valence-corrected chi connectivity index (χ1v) is 9.01. The van der Waals surface area contributed by atoms with E-state index >= 15 is 0 Å². The highest BCUT2D eigenvalue weighted by molar-refractivity contribution is 7.16. The lowest BCUT2D eigenvalue weighted by molar-refractivity contribution is 0.102. The number of aromatic amines is 2. The topological polar surface area (TPSA) is 119 Å². The molecule has 1 amide bonds. The van der Waals surface area contributed by atoms with Gasteiger partial charge >= 0.3 is 11.1 Å². The van der Waals surface area contributed by atoms with Gasteiger partial charge in [0.1, 0.15) is 11.1 Å². The van der Waals surface area contributed by atoms with Gasteiger partial charge in [-0.1, -0.05) is 0 Å². The van der Waals surface area contributed by atoms with Gasteiger partial charge in [-0.15, -0.1) is 11.3 Å². The number of aromatic nitrogens is 2. The zero-order valence-electron chi connectivity index (χ0n) is 13.6. The minimum Gasteiger partial charge on any atom is -0.316 e. The molecule has 2 heterocycles. The predicted octanol–water partition coefficient (Wildman–Crippen LogP) is 2.28. The lowest BCUT2D eigenvalue weighted by atomic mass is 9.96. The molecule has 2 aromatic heterocycles. The number of nitriles is 1. The number of amides is 1. The standard InChI is InChI=1S/C18H14N4O3S/c19-8-11-10-3-1-2-4-14(10)26-18(11)22-15(23)9-5-6-12-13(7-9)21-17(25)16(24)20-12/h5-7H,1-4H2,(H,20,24)(H,21,25)(H,22,23). The molecule has 0 spiro atoms. The SMILES string of the molecule is N#Cc1c(NC(=O)c2ccc3[nH]c(=O)c(=O)[nH]c3c2)sc2c1CCCC2. The van der Waals surface area contributed by atoms with Crippen molar-refractivity contribution in [1.29, 1.82) is 5.26 Å². The highest BCUT2D eigenvalue weighted by Crippen LogP contribution is 2.37. The number of carbonyl (C=O) groups is 1. The van der Waals surface area contributed by atoms with Crippen molar-refractivity contribution in [1.82, 2.24) is 9.97 Å². The van der Waals surface area contributed by atoms with Gasteiger partial charge in [0.15, 0.2) is 0 Å². The van der Waals surface area contributed by atoms with Crippen molar-refractivity contribution in [2.24, 2.45) is 0 Å². The molecule has 1 aliphatic rings. The van der Waals surface area contributed by atoms with Crippen LogP contribution in [-0.4, -0.2) is 15.9 Å². The average molecular weight is 366 g/mol. The molecular formula is C18H14N4O3S. The molecule has 7 nitrogen and oxygen atoms in total. The second-order valence-corrected chi connectivity index (χ2v) is 7.25. The monoisotopic (exact) mass is 366 g/mol. The number of nitrogens with one attached hydrogen (secondary N) is 3. The Morgan fingerprint density at radius 2 is 1.85 bits per heavy atom. The van der Waals surface area contributed by atoms with Crippen LogP contribution in [0.3, 0.4) is 0 Å². The number of aryl methyl sites for hydroxylation is 1. The third kappa shape index (κ3) is 2.72. The molecule has 0 bridgehead atoms. The van der Waals surface area contributed by atoms with Gasteiger partial charge in [-0.3, -0.25) is 14.4 Å². The second kappa shape index (κ2) is 6.28. The van der Waals surface area contributed by atoms with Gasteiger partial charge in [-0.05, 0) is 49.4 Å². The third-order valence-corrected chi connectivity index (χ3v) is 5.70. The molecule has 8 heteroatoms. The smallest absolute Gasteiger partial charge is 0.314 e. The lowest BCUT2D eigenvalue weighted by Crippen LogP contribution is -2.29. The first-order valence-electron chi connectivity index (χ1n) is 8.19. The van der Waals surface area contributed by atoms with E-state index in [1.165, 1.54) is 22.3 Å². The Hall–Kier alpha value is -3.18. The van der Waals surface area contributed by atoms with Crippen molar-refractivity contribution < 1.29 is 4.79 Å². The summed E-state index contributed by atoms with van der Waals surface area (Å²) in [5.74, 6) is -0.367. The molecule has 0 aliphatic heterocycles. The van der Waals surface area contributed by atoms with Crippen LogP contribution in [-0.2, 0) is 12.8 Å². The van der Waals surface area contributed by atoms with Gasteiger partial charge < -0.3 is 15.3 Å². The van der Waals surface area contributed by atoms with Crippen LogP contribution in [0.1, 0.15) is 39.2 Å². The van der Waals surface area contributed by atoms with Gasteiger partial charge in [-0.25, -0.2) is 0 Å². The van der Waals surface area contributed by atoms with E-state index in [1.807, 2.05) is 0 Å². The molecule has 0 unspecified atom stereocenters. The molecule has 3 N–H and O–H groups in total. The van der Waals surface area contributed by atoms with E-state index in [2.05, 4.69) is 21.4 Å². The van der Waals surface area contributed by atoms with Crippen molar-refractivity contribution >= 4 is 33.3 Å². The maximum absolute atomic E-state index is 12.6. The quantitative estimate of drug-likeness (QED) is 0.603. The van der Waals surface area contributed by atoms with Gasteiger partial charge in [0.25, 0.3) is 5.91 Å². The maximum atomic E-state index is 12.6. The Morgan fingerprint density at radius 3 is 2.62 bits per heavy atom. The van der Waals surface area contributed by atoms with E-state index in [-0.39, 0.29) is 5.91 Å². The van der Waals surface area contributed by atoms with E-state index in [4.69, 9.17) is 0 Å². The van der Waals surface area contributed by atoms with Crippen LogP contribution in [0.15, 0.2) is 27.8 Å². The van der Waals surface area contributed by atoms with Gasteiger partial charge in [0.2, 0.25) is 0 Å². The van der Waals surface area contributed by atoms with E-state index in [1.54, 1.807) is 12.1 Å². The average Bonchev–Trinajstić information content (AvgIpc) is 2.99. The molecule has 0 radical (unpaired) electrons. The summed E-state index contributed by atoms with van der Waals surface area (Å²) in [6.07, 6.45) is 3.97. The number of rotatable bonds is 2. The Balaban J connectivity index is 1.69. The van der Waals surface area contributed by atoms with Crippen LogP contribution in [0, 0.1) is 11.3 Å². The fourth-order valence-electron chi connectivity index (χ4n) is 3.20. The fraction of sp³-hybridized carbons (Fsp3) is 0.222. The Labute approximate surface area is 151 Å². The van der Waals surface area contributed by atoms with Crippen molar-refractivity contribution in [3.05, 3.63) is 60.5 Å². The number of nitrogens with zero attached hydrogens (tertiary/aromatic N) is 1. The van der Waals surface area contributed by atoms with Crippen molar-refractivity contribution in [2.75, 3.05) is 5.32 Å². The van der Waals surface area contributed by atoms with E-state index in [0.717, 1.165) is 31.2 Å². The summed E-state index contributed by atoms with van der Waals surface area (Å²) in [6.45, 7) is 0. The number of carbonyl (C=O) groups excluding carboxylic acids is 1. The second-order valence-electron chi connectivity index (χ2n) is 6.15. The van der Waals surface area contributed by atoms with E-state index < -0.39 is 11.1 Å². The number of benzene rings is 1.